The van der Waals surface area contributed by atoms with Crippen LogP contribution in [0.15, 0.2) is 42.5 Å². The van der Waals surface area contributed by atoms with Crippen molar-refractivity contribution in [1.29, 1.82) is 0 Å². The van der Waals surface area contributed by atoms with Crippen molar-refractivity contribution in [2.75, 3.05) is 36.0 Å². The van der Waals surface area contributed by atoms with Crippen LogP contribution >= 0.6 is 23.2 Å². The Morgan fingerprint density at radius 2 is 1.53 bits per heavy atom. The van der Waals surface area contributed by atoms with Crippen LogP contribution in [0.5, 0.6) is 0 Å². The van der Waals surface area contributed by atoms with E-state index in [0.29, 0.717) is 36.9 Å². The summed E-state index contributed by atoms with van der Waals surface area (Å²) in [6.45, 7) is 2.52. The van der Waals surface area contributed by atoms with Crippen molar-refractivity contribution >= 4 is 52.1 Å². The zero-order valence-corrected chi connectivity index (χ0v) is 17.3. The molecule has 2 fully saturated rings. The molecule has 2 aliphatic heterocycles. The molecular formula is C20H18Cl2N4O4. The summed E-state index contributed by atoms with van der Waals surface area (Å²) < 4.78 is 0. The number of carbonyl (C=O) groups excluding carboxylic acids is 2. The zero-order chi connectivity index (χ0) is 21.4. The van der Waals surface area contributed by atoms with Crippen LogP contribution in [0.1, 0.15) is 6.42 Å². The van der Waals surface area contributed by atoms with E-state index in [1.165, 1.54) is 23.1 Å². The number of piperazine rings is 1. The third kappa shape index (κ3) is 3.86. The fourth-order valence-electron chi connectivity index (χ4n) is 3.87. The van der Waals surface area contributed by atoms with E-state index in [1.54, 1.807) is 24.3 Å². The summed E-state index contributed by atoms with van der Waals surface area (Å²) in [7, 11) is 0. The highest BCUT2D eigenvalue weighted by Gasteiger charge is 2.43. The normalized spacial score (nSPS) is 20.1. The van der Waals surface area contributed by atoms with E-state index in [4.69, 9.17) is 23.2 Å². The molecule has 2 aliphatic rings. The van der Waals surface area contributed by atoms with Gasteiger partial charge in [0.1, 0.15) is 0 Å². The van der Waals surface area contributed by atoms with Gasteiger partial charge in [-0.05, 0) is 30.3 Å². The van der Waals surface area contributed by atoms with Crippen LogP contribution < -0.4 is 9.80 Å². The van der Waals surface area contributed by atoms with Crippen molar-refractivity contribution in [2.24, 2.45) is 0 Å². The number of amides is 2. The molecule has 10 heteroatoms. The number of carbonyl (C=O) groups is 2. The van der Waals surface area contributed by atoms with Gasteiger partial charge in [0.2, 0.25) is 5.91 Å². The summed E-state index contributed by atoms with van der Waals surface area (Å²) in [6, 6.07) is 10.6. The molecule has 4 rings (SSSR count). The predicted molar refractivity (Wildman–Crippen MR) is 114 cm³/mol. The van der Waals surface area contributed by atoms with Crippen LogP contribution in [-0.2, 0) is 9.59 Å². The van der Waals surface area contributed by atoms with E-state index in [2.05, 4.69) is 4.90 Å². The topological polar surface area (TPSA) is 87.0 Å². The minimum absolute atomic E-state index is 0.0508. The minimum atomic E-state index is -0.508. The highest BCUT2D eigenvalue weighted by Crippen LogP contribution is 2.32. The average Bonchev–Trinajstić information content (AvgIpc) is 3.04. The number of nitrogens with zero attached hydrogens (tertiary/aromatic N) is 4. The lowest BCUT2D eigenvalue weighted by Crippen LogP contribution is -2.52. The molecule has 0 aromatic heterocycles. The number of benzene rings is 2. The summed E-state index contributed by atoms with van der Waals surface area (Å²) in [5, 5.41) is 11.5. The minimum Gasteiger partial charge on any atom is -0.369 e. The molecule has 0 radical (unpaired) electrons. The second kappa shape index (κ2) is 8.22. The van der Waals surface area contributed by atoms with Crippen molar-refractivity contribution in [3.05, 3.63) is 62.6 Å². The Labute approximate surface area is 182 Å². The molecule has 2 heterocycles. The van der Waals surface area contributed by atoms with Crippen LogP contribution in [-0.4, -0.2) is 53.9 Å². The Morgan fingerprint density at radius 1 is 0.900 bits per heavy atom. The largest absolute Gasteiger partial charge is 0.369 e. The van der Waals surface area contributed by atoms with Gasteiger partial charge < -0.3 is 4.90 Å². The average molecular weight is 449 g/mol. The van der Waals surface area contributed by atoms with Crippen molar-refractivity contribution in [3.8, 4) is 0 Å². The summed E-state index contributed by atoms with van der Waals surface area (Å²) >= 11 is 12.0. The van der Waals surface area contributed by atoms with Crippen LogP contribution in [0, 0.1) is 10.1 Å². The molecule has 8 nitrogen and oxygen atoms in total. The fourth-order valence-corrected chi connectivity index (χ4v) is 4.17. The number of imide groups is 1. The van der Waals surface area contributed by atoms with Gasteiger partial charge in [-0.1, -0.05) is 23.2 Å². The van der Waals surface area contributed by atoms with Crippen molar-refractivity contribution < 1.29 is 14.5 Å². The highest BCUT2D eigenvalue weighted by atomic mass is 35.5. The van der Waals surface area contributed by atoms with Crippen molar-refractivity contribution in [1.82, 2.24) is 4.90 Å². The van der Waals surface area contributed by atoms with E-state index in [-0.39, 0.29) is 28.9 Å². The Hall–Kier alpha value is -2.68. The maximum atomic E-state index is 13.0. The molecule has 0 N–H and O–H groups in total. The number of non-ortho nitro benzene ring substituents is 1. The van der Waals surface area contributed by atoms with Crippen LogP contribution in [0.25, 0.3) is 0 Å². The molecule has 0 saturated carbocycles. The van der Waals surface area contributed by atoms with Crippen LogP contribution in [0.4, 0.5) is 17.1 Å². The summed E-state index contributed by atoms with van der Waals surface area (Å²) in [6.07, 6.45) is 0.122. The van der Waals surface area contributed by atoms with Crippen molar-refractivity contribution in [2.45, 2.75) is 12.5 Å². The Bertz CT molecular complexity index is 1010. The third-order valence-corrected chi connectivity index (χ3v) is 6.20. The smallest absolute Gasteiger partial charge is 0.269 e. The van der Waals surface area contributed by atoms with Gasteiger partial charge in [-0.3, -0.25) is 24.6 Å². The number of rotatable bonds is 4. The molecule has 30 heavy (non-hydrogen) atoms. The summed E-state index contributed by atoms with van der Waals surface area (Å²) in [5.74, 6) is -0.525. The first-order valence-electron chi connectivity index (χ1n) is 9.40. The molecular weight excluding hydrogens is 431 g/mol. The second-order valence-corrected chi connectivity index (χ2v) is 8.00. The number of hydrogen-bond donors (Lipinski definition) is 0. The summed E-state index contributed by atoms with van der Waals surface area (Å²) in [4.78, 5) is 41.2. The lowest BCUT2D eigenvalue weighted by Gasteiger charge is -2.38. The van der Waals surface area contributed by atoms with Crippen LogP contribution in [0.3, 0.4) is 0 Å². The quantitative estimate of drug-likeness (QED) is 0.404. The van der Waals surface area contributed by atoms with E-state index in [9.17, 15) is 19.7 Å². The standard InChI is InChI=1S/C20H18Cl2N4O4/c21-16-6-5-15(11-17(16)22)25-19(27)12-18(20(25)28)24-9-7-23(8-10-24)13-1-3-14(4-2-13)26(29)30/h1-6,11,18H,7-10,12H2/t18-/m1/s1. The maximum absolute atomic E-state index is 13.0. The maximum Gasteiger partial charge on any atom is 0.269 e. The first-order chi connectivity index (χ1) is 14.3. The van der Waals surface area contributed by atoms with E-state index in [1.807, 2.05) is 4.90 Å². The summed E-state index contributed by atoms with van der Waals surface area (Å²) in [5.41, 5.74) is 1.37. The zero-order valence-electron chi connectivity index (χ0n) is 15.8. The van der Waals surface area contributed by atoms with Gasteiger partial charge in [-0.25, -0.2) is 4.90 Å². The molecule has 1 atom stereocenters. The molecule has 0 spiro atoms. The Balaban J connectivity index is 1.42. The second-order valence-electron chi connectivity index (χ2n) is 7.18. The molecule has 0 bridgehead atoms. The predicted octanol–water partition coefficient (Wildman–Crippen LogP) is 3.36. The molecule has 2 saturated heterocycles. The van der Waals surface area contributed by atoms with Gasteiger partial charge in [0.25, 0.3) is 11.6 Å². The van der Waals surface area contributed by atoms with Gasteiger partial charge in [-0.2, -0.15) is 0 Å². The number of nitro benzene ring substituents is 1. The first kappa shape index (κ1) is 20.6. The number of halogens is 2. The van der Waals surface area contributed by atoms with E-state index < -0.39 is 11.0 Å². The fraction of sp³-hybridized carbons (Fsp3) is 0.300. The van der Waals surface area contributed by atoms with Gasteiger partial charge >= 0.3 is 0 Å². The first-order valence-corrected chi connectivity index (χ1v) is 10.2. The van der Waals surface area contributed by atoms with Gasteiger partial charge in [0.15, 0.2) is 0 Å². The van der Waals surface area contributed by atoms with E-state index >= 15 is 0 Å². The lowest BCUT2D eigenvalue weighted by molar-refractivity contribution is -0.384. The SMILES string of the molecule is O=C1C[C@@H](N2CCN(c3ccc([N+](=O)[O-])cc3)CC2)C(=O)N1c1ccc(Cl)c(Cl)c1. The van der Waals surface area contributed by atoms with Crippen LogP contribution in [0.2, 0.25) is 10.0 Å². The monoisotopic (exact) mass is 448 g/mol. The number of anilines is 2. The molecule has 2 aromatic rings. The Morgan fingerprint density at radius 3 is 2.13 bits per heavy atom. The molecule has 0 aliphatic carbocycles. The van der Waals surface area contributed by atoms with Gasteiger partial charge in [-0.15, -0.1) is 0 Å². The lowest BCUT2D eigenvalue weighted by atomic mass is 10.1. The number of hydrogen-bond acceptors (Lipinski definition) is 6. The van der Waals surface area contributed by atoms with Gasteiger partial charge in [0, 0.05) is 44.0 Å². The third-order valence-electron chi connectivity index (χ3n) is 5.46. The Kier molecular flexibility index (Phi) is 5.64. The molecule has 0 unspecified atom stereocenters. The number of nitro groups is 1. The van der Waals surface area contributed by atoms with Crippen molar-refractivity contribution in [3.63, 3.8) is 0 Å². The van der Waals surface area contributed by atoms with Gasteiger partial charge in [0.05, 0.1) is 33.1 Å². The molecule has 2 aromatic carbocycles. The molecule has 156 valence electrons. The van der Waals surface area contributed by atoms with E-state index in [0.717, 1.165) is 5.69 Å². The highest BCUT2D eigenvalue weighted by molar-refractivity contribution is 6.42. The molecule has 2 amide bonds.